The molecule has 0 unspecified atom stereocenters. The first-order valence-electron chi connectivity index (χ1n) is 35.7. The van der Waals surface area contributed by atoms with E-state index in [9.17, 15) is 0 Å². The summed E-state index contributed by atoms with van der Waals surface area (Å²) in [7, 11) is 0. The minimum Gasteiger partial charge on any atom is -0.0654 e. The molecule has 0 saturated heterocycles. The molecule has 0 aromatic heterocycles. The monoisotopic (exact) mass is 1020 g/mol. The third kappa shape index (κ3) is 84.0. The van der Waals surface area contributed by atoms with Crippen LogP contribution in [0.25, 0.3) is 0 Å². The van der Waals surface area contributed by atoms with Crippen LogP contribution >= 0.6 is 0 Å². The molecular formula is C72H150. The van der Waals surface area contributed by atoms with Crippen LogP contribution in [-0.4, -0.2) is 0 Å². The van der Waals surface area contributed by atoms with E-state index >= 15 is 0 Å². The first kappa shape index (κ1) is 76.2. The molecule has 0 bridgehead atoms. The molecule has 0 heterocycles. The Morgan fingerprint density at radius 3 is 0.153 bits per heavy atom. The summed E-state index contributed by atoms with van der Waals surface area (Å²) < 4.78 is 0. The largest absolute Gasteiger partial charge is 0.0654 e. The summed E-state index contributed by atoms with van der Waals surface area (Å²) in [6, 6.07) is 0. The Hall–Kier alpha value is 0. The van der Waals surface area contributed by atoms with Crippen LogP contribution in [0.5, 0.6) is 0 Å². The summed E-state index contributed by atoms with van der Waals surface area (Å²) in [6.07, 6.45) is 97.2. The number of unbranched alkanes of at least 4 members (excludes halogenated alkanes) is 63. The van der Waals surface area contributed by atoms with E-state index in [1.54, 1.807) is 0 Å². The molecule has 0 fully saturated rings. The maximum absolute atomic E-state index is 2.30. The van der Waals surface area contributed by atoms with Gasteiger partial charge in [0.2, 0.25) is 0 Å². The van der Waals surface area contributed by atoms with E-state index in [-0.39, 0.29) is 0 Å². The van der Waals surface area contributed by atoms with Crippen LogP contribution in [0.4, 0.5) is 0 Å². The van der Waals surface area contributed by atoms with E-state index in [0.717, 1.165) is 0 Å². The number of hydrogen-bond donors (Lipinski definition) is 0. The van der Waals surface area contributed by atoms with Gasteiger partial charge < -0.3 is 0 Å². The van der Waals surface area contributed by atoms with Gasteiger partial charge in [0.05, 0.1) is 0 Å². The Kier molecular flexibility index (Phi) is 84.6. The van der Waals surface area contributed by atoms with Crippen LogP contribution < -0.4 is 0 Å². The van der Waals surface area contributed by atoms with Crippen molar-refractivity contribution in [3.8, 4) is 0 Å². The molecule has 0 nitrogen and oxygen atoms in total. The molecule has 0 heteroatoms. The zero-order valence-electron chi connectivity index (χ0n) is 52.7. The highest BCUT2D eigenvalue weighted by Crippen LogP contribution is 2.19. The number of rotatable bonds is 63. The molecule has 0 radical (unpaired) electrons. The van der Waals surface area contributed by atoms with Gasteiger partial charge in [0.15, 0.2) is 0 Å². The topological polar surface area (TPSA) is 0 Å². The molecule has 0 spiro atoms. The summed E-state index contributed by atoms with van der Waals surface area (Å²) in [6.45, 7) is 13.8. The molecule has 0 rings (SSSR count). The minimum atomic E-state index is 1.37. The lowest BCUT2D eigenvalue weighted by Gasteiger charge is -2.04. The van der Waals surface area contributed by atoms with Crippen LogP contribution in [-0.2, 0) is 0 Å². The predicted molar refractivity (Wildman–Crippen MR) is 339 cm³/mol. The van der Waals surface area contributed by atoms with Gasteiger partial charge in [0.1, 0.15) is 0 Å². The van der Waals surface area contributed by atoms with Gasteiger partial charge in [-0.1, -0.05) is 465 Å². The fourth-order valence-corrected chi connectivity index (χ4v) is 11.0. The van der Waals surface area contributed by atoms with Crippen molar-refractivity contribution in [3.63, 3.8) is 0 Å². The van der Waals surface area contributed by atoms with Crippen LogP contribution in [0.3, 0.4) is 0 Å². The Balaban J connectivity index is -0.000000993. The maximum atomic E-state index is 2.30. The van der Waals surface area contributed by atoms with Crippen LogP contribution in [0.2, 0.25) is 0 Å². The molecule has 0 aromatic rings. The Morgan fingerprint density at radius 2 is 0.111 bits per heavy atom. The zero-order valence-corrected chi connectivity index (χ0v) is 52.7. The van der Waals surface area contributed by atoms with Crippen molar-refractivity contribution in [1.82, 2.24) is 0 Å². The third-order valence-electron chi connectivity index (χ3n) is 16.4. The highest BCUT2D eigenvalue weighted by atomic mass is 14.1. The van der Waals surface area contributed by atoms with E-state index in [2.05, 4.69) is 41.5 Å². The molecule has 0 aliphatic carbocycles. The van der Waals surface area contributed by atoms with E-state index < -0.39 is 0 Å². The third-order valence-corrected chi connectivity index (χ3v) is 16.4. The van der Waals surface area contributed by atoms with Gasteiger partial charge in [-0.05, 0) is 0 Å². The van der Waals surface area contributed by atoms with Crippen LogP contribution in [0, 0.1) is 0 Å². The van der Waals surface area contributed by atoms with Crippen molar-refractivity contribution in [2.45, 2.75) is 465 Å². The Morgan fingerprint density at radius 1 is 0.0694 bits per heavy atom. The van der Waals surface area contributed by atoms with Crippen molar-refractivity contribution >= 4 is 0 Å². The highest BCUT2D eigenvalue weighted by molar-refractivity contribution is 4.55. The lowest BCUT2D eigenvalue weighted by atomic mass is 10.0. The van der Waals surface area contributed by atoms with E-state index in [1.165, 1.54) is 424 Å². The van der Waals surface area contributed by atoms with E-state index in [0.29, 0.717) is 0 Å². The van der Waals surface area contributed by atoms with Crippen molar-refractivity contribution < 1.29 is 0 Å². The Bertz CT molecular complexity index is 734. The molecule has 0 aliphatic rings. The fourth-order valence-electron chi connectivity index (χ4n) is 11.0. The molecule has 0 saturated carbocycles. The summed E-state index contributed by atoms with van der Waals surface area (Å²) in [5.74, 6) is 0. The Labute approximate surface area is 463 Å². The summed E-state index contributed by atoms with van der Waals surface area (Å²) in [4.78, 5) is 0. The standard InChI is InChI=1S/C25H52.C24H50.C23H48/c1-3-5-7-9-11-13-15-17-19-21-23-25-24-22-20-18-16-14-12-10-8-6-4-2;1-3-5-7-9-11-13-15-17-19-21-23-24-22-20-18-16-14-12-10-8-6-4-2;1-3-5-7-9-11-13-15-17-19-21-23-22-20-18-16-14-12-10-8-6-4-2/h3-25H2,1-2H3;3-24H2,1-2H3;3-23H2,1-2H3. The molecule has 0 N–H and O–H groups in total. The molecule has 0 aliphatic heterocycles. The van der Waals surface area contributed by atoms with Crippen molar-refractivity contribution in [2.75, 3.05) is 0 Å². The van der Waals surface area contributed by atoms with Gasteiger partial charge in [-0.15, -0.1) is 0 Å². The van der Waals surface area contributed by atoms with Gasteiger partial charge in [0, 0.05) is 0 Å². The van der Waals surface area contributed by atoms with Gasteiger partial charge in [-0.3, -0.25) is 0 Å². The highest BCUT2D eigenvalue weighted by Gasteiger charge is 1.99. The van der Waals surface area contributed by atoms with Gasteiger partial charge in [0.25, 0.3) is 0 Å². The van der Waals surface area contributed by atoms with Crippen LogP contribution in [0.15, 0.2) is 0 Å². The van der Waals surface area contributed by atoms with Crippen molar-refractivity contribution in [1.29, 1.82) is 0 Å². The summed E-state index contributed by atoms with van der Waals surface area (Å²) in [5, 5.41) is 0. The van der Waals surface area contributed by atoms with Crippen molar-refractivity contribution in [3.05, 3.63) is 0 Å². The molecular weight excluding hydrogens is 865 g/mol. The lowest BCUT2D eigenvalue weighted by molar-refractivity contribution is 0.519. The maximum Gasteiger partial charge on any atom is -0.0533 e. The number of hydrogen-bond acceptors (Lipinski definition) is 0. The zero-order chi connectivity index (χ0) is 52.7. The molecule has 0 aromatic carbocycles. The first-order valence-corrected chi connectivity index (χ1v) is 35.7. The molecule has 438 valence electrons. The first-order chi connectivity index (χ1) is 35.7. The van der Waals surface area contributed by atoms with Crippen LogP contribution in [0.1, 0.15) is 465 Å². The lowest BCUT2D eigenvalue weighted by Crippen LogP contribution is -1.84. The summed E-state index contributed by atoms with van der Waals surface area (Å²) in [5.41, 5.74) is 0. The molecule has 0 amide bonds. The normalized spacial score (nSPS) is 11.2. The molecule has 72 heavy (non-hydrogen) atoms. The average molecular weight is 1020 g/mol. The van der Waals surface area contributed by atoms with Crippen molar-refractivity contribution in [2.24, 2.45) is 0 Å². The van der Waals surface area contributed by atoms with Gasteiger partial charge in [-0.25, -0.2) is 0 Å². The second-order valence-corrected chi connectivity index (χ2v) is 24.2. The SMILES string of the molecule is CCCCCCCCCCCCCCCCCCCCCCC.CCCCCCCCCCCCCCCCCCCCCCCC.CCCCCCCCCCCCCCCCCCCCCCCCC. The molecule has 0 atom stereocenters. The van der Waals surface area contributed by atoms with Gasteiger partial charge >= 0.3 is 0 Å². The van der Waals surface area contributed by atoms with E-state index in [1.807, 2.05) is 0 Å². The van der Waals surface area contributed by atoms with Gasteiger partial charge in [-0.2, -0.15) is 0 Å². The second kappa shape index (κ2) is 79.9. The summed E-state index contributed by atoms with van der Waals surface area (Å²) >= 11 is 0. The predicted octanol–water partition coefficient (Wildman–Crippen LogP) is 28.8. The second-order valence-electron chi connectivity index (χ2n) is 24.2. The average Bonchev–Trinajstić information content (AvgIpc) is 3.39. The smallest absolute Gasteiger partial charge is 0.0533 e. The minimum absolute atomic E-state index is 1.37. The van der Waals surface area contributed by atoms with E-state index in [4.69, 9.17) is 0 Å². The quantitative estimate of drug-likeness (QED) is 0.0533. The fraction of sp³-hybridized carbons (Fsp3) is 1.00.